The highest BCUT2D eigenvalue weighted by atomic mass is 32.1. The molecule has 3 aromatic rings. The van der Waals surface area contributed by atoms with Crippen molar-refractivity contribution >= 4 is 53.8 Å². The van der Waals surface area contributed by atoms with Gasteiger partial charge in [-0.05, 0) is 25.0 Å². The minimum Gasteiger partial charge on any atom is -0.352 e. The SMILES string of the molecule is N#C[C@@H](C(=O)NC1CC1)C(=O)c1cc2sc3ccccc3c2s1. The topological polar surface area (TPSA) is 70.0 Å². The Balaban J connectivity index is 1.68. The van der Waals surface area contributed by atoms with E-state index in [1.54, 1.807) is 11.3 Å². The van der Waals surface area contributed by atoms with Gasteiger partial charge in [-0.15, -0.1) is 22.7 Å². The smallest absolute Gasteiger partial charge is 0.245 e. The standard InChI is InChI=1S/C17H12N2O2S2/c18-8-11(17(21)19-9-5-6-9)15(20)13-7-14-16(23-13)10-3-1-2-4-12(10)22-14/h1-4,7,9,11H,5-6H2,(H,19,21)/t11-/m1/s1. The second kappa shape index (κ2) is 5.44. The van der Waals surface area contributed by atoms with Crippen LogP contribution in [0.4, 0.5) is 0 Å². The summed E-state index contributed by atoms with van der Waals surface area (Å²) in [5.41, 5.74) is 0. The van der Waals surface area contributed by atoms with Gasteiger partial charge in [-0.2, -0.15) is 5.26 Å². The van der Waals surface area contributed by atoms with Crippen molar-refractivity contribution in [3.8, 4) is 6.07 Å². The Morgan fingerprint density at radius 1 is 1.22 bits per heavy atom. The molecule has 1 fully saturated rings. The van der Waals surface area contributed by atoms with Gasteiger partial charge in [-0.25, -0.2) is 0 Å². The fraction of sp³-hybridized carbons (Fsp3) is 0.235. The van der Waals surface area contributed by atoms with Gasteiger partial charge in [0.05, 0.1) is 15.6 Å². The van der Waals surface area contributed by atoms with Crippen molar-refractivity contribution in [2.75, 3.05) is 0 Å². The van der Waals surface area contributed by atoms with Gasteiger partial charge in [-0.3, -0.25) is 9.59 Å². The summed E-state index contributed by atoms with van der Waals surface area (Å²) in [7, 11) is 0. The first-order chi connectivity index (χ1) is 11.2. The molecule has 1 aliphatic rings. The molecule has 2 aromatic heterocycles. The summed E-state index contributed by atoms with van der Waals surface area (Å²) < 4.78 is 3.25. The molecule has 0 spiro atoms. The number of benzene rings is 1. The van der Waals surface area contributed by atoms with E-state index in [0.29, 0.717) is 4.88 Å². The van der Waals surface area contributed by atoms with Crippen molar-refractivity contribution in [2.24, 2.45) is 5.92 Å². The summed E-state index contributed by atoms with van der Waals surface area (Å²) in [5, 5.41) is 13.1. The minimum atomic E-state index is -1.25. The number of nitriles is 1. The Labute approximate surface area is 140 Å². The molecule has 6 heteroatoms. The lowest BCUT2D eigenvalue weighted by atomic mass is 10.0. The molecular formula is C17H12N2O2S2. The molecule has 0 bridgehead atoms. The highest BCUT2D eigenvalue weighted by Crippen LogP contribution is 2.39. The highest BCUT2D eigenvalue weighted by Gasteiger charge is 2.33. The largest absolute Gasteiger partial charge is 0.352 e. The zero-order valence-corrected chi connectivity index (χ0v) is 13.7. The molecule has 1 N–H and O–H groups in total. The number of nitrogens with zero attached hydrogens (tertiary/aromatic N) is 1. The third-order valence-electron chi connectivity index (χ3n) is 3.87. The van der Waals surface area contributed by atoms with E-state index in [2.05, 4.69) is 11.4 Å². The molecule has 23 heavy (non-hydrogen) atoms. The van der Waals surface area contributed by atoms with E-state index in [9.17, 15) is 14.9 Å². The van der Waals surface area contributed by atoms with E-state index in [0.717, 1.165) is 27.6 Å². The Morgan fingerprint density at radius 2 is 2.00 bits per heavy atom. The summed E-state index contributed by atoms with van der Waals surface area (Å²) in [6.45, 7) is 0. The molecule has 1 aromatic carbocycles. The molecule has 4 nitrogen and oxygen atoms in total. The third kappa shape index (κ3) is 2.52. The summed E-state index contributed by atoms with van der Waals surface area (Å²) in [5.74, 6) is -2.13. The lowest BCUT2D eigenvalue weighted by Gasteiger charge is -2.07. The van der Waals surface area contributed by atoms with Crippen LogP contribution in [0.2, 0.25) is 0 Å². The van der Waals surface area contributed by atoms with Crippen LogP contribution in [0.25, 0.3) is 19.5 Å². The number of amides is 1. The van der Waals surface area contributed by atoms with Crippen LogP contribution >= 0.6 is 22.7 Å². The molecule has 1 atom stereocenters. The Kier molecular flexibility index (Phi) is 3.40. The van der Waals surface area contributed by atoms with Crippen molar-refractivity contribution in [1.29, 1.82) is 5.26 Å². The number of carbonyl (C=O) groups is 2. The van der Waals surface area contributed by atoms with Crippen LogP contribution in [0, 0.1) is 17.2 Å². The van der Waals surface area contributed by atoms with Crippen molar-refractivity contribution in [2.45, 2.75) is 18.9 Å². The van der Waals surface area contributed by atoms with E-state index in [1.165, 1.54) is 16.0 Å². The number of rotatable bonds is 4. The van der Waals surface area contributed by atoms with Crippen LogP contribution in [0.3, 0.4) is 0 Å². The maximum Gasteiger partial charge on any atom is 0.245 e. The molecule has 0 radical (unpaired) electrons. The van der Waals surface area contributed by atoms with Gasteiger partial charge in [-0.1, -0.05) is 18.2 Å². The van der Waals surface area contributed by atoms with E-state index in [4.69, 9.17) is 0 Å². The van der Waals surface area contributed by atoms with Crippen LogP contribution in [0.15, 0.2) is 30.3 Å². The van der Waals surface area contributed by atoms with E-state index in [1.807, 2.05) is 30.3 Å². The Morgan fingerprint density at radius 3 is 2.74 bits per heavy atom. The van der Waals surface area contributed by atoms with Crippen LogP contribution in [-0.4, -0.2) is 17.7 Å². The summed E-state index contributed by atoms with van der Waals surface area (Å²) >= 11 is 2.99. The van der Waals surface area contributed by atoms with Crippen LogP contribution < -0.4 is 5.32 Å². The van der Waals surface area contributed by atoms with Gasteiger partial charge in [0.1, 0.15) is 0 Å². The van der Waals surface area contributed by atoms with Gasteiger partial charge in [0.15, 0.2) is 11.7 Å². The van der Waals surface area contributed by atoms with Crippen molar-refractivity contribution in [1.82, 2.24) is 5.32 Å². The summed E-state index contributed by atoms with van der Waals surface area (Å²) in [6, 6.07) is 11.8. The predicted octanol–water partition coefficient (Wildman–Crippen LogP) is 3.72. The number of thiophene rings is 2. The fourth-order valence-corrected chi connectivity index (χ4v) is 5.01. The predicted molar refractivity (Wildman–Crippen MR) is 91.8 cm³/mol. The summed E-state index contributed by atoms with van der Waals surface area (Å²) in [6.07, 6.45) is 1.86. The number of hydrogen-bond donors (Lipinski definition) is 1. The quantitative estimate of drug-likeness (QED) is 0.581. The number of hydrogen-bond acceptors (Lipinski definition) is 5. The average Bonchev–Trinajstić information content (AvgIpc) is 3.14. The van der Waals surface area contributed by atoms with E-state index < -0.39 is 17.6 Å². The number of carbonyl (C=O) groups excluding carboxylic acids is 2. The molecule has 4 rings (SSSR count). The normalized spacial score (nSPS) is 15.4. The number of fused-ring (bicyclic) bond motifs is 3. The first-order valence-electron chi connectivity index (χ1n) is 7.32. The van der Waals surface area contributed by atoms with Crippen LogP contribution in [0.1, 0.15) is 22.5 Å². The molecule has 2 heterocycles. The van der Waals surface area contributed by atoms with Gasteiger partial charge >= 0.3 is 0 Å². The molecule has 0 unspecified atom stereocenters. The third-order valence-corrected chi connectivity index (χ3v) is 6.30. The molecule has 1 amide bonds. The highest BCUT2D eigenvalue weighted by molar-refractivity contribution is 7.33. The second-order valence-corrected chi connectivity index (χ2v) is 7.75. The maximum atomic E-state index is 12.6. The Bertz CT molecular complexity index is 975. The lowest BCUT2D eigenvalue weighted by molar-refractivity contribution is -0.122. The van der Waals surface area contributed by atoms with E-state index in [-0.39, 0.29) is 6.04 Å². The molecule has 1 aliphatic carbocycles. The zero-order chi connectivity index (χ0) is 16.0. The molecule has 1 saturated carbocycles. The lowest BCUT2D eigenvalue weighted by Crippen LogP contribution is -2.35. The van der Waals surface area contributed by atoms with Gasteiger partial charge in [0.2, 0.25) is 5.91 Å². The number of Topliss-reactive ketones (excluding diaryl/α,β-unsaturated/α-hetero) is 1. The van der Waals surface area contributed by atoms with Crippen molar-refractivity contribution in [3.05, 3.63) is 35.2 Å². The van der Waals surface area contributed by atoms with E-state index >= 15 is 0 Å². The zero-order valence-electron chi connectivity index (χ0n) is 12.0. The Hall–Kier alpha value is -2.23. The van der Waals surface area contributed by atoms with Crippen LogP contribution in [-0.2, 0) is 4.79 Å². The second-order valence-electron chi connectivity index (χ2n) is 5.61. The molecular weight excluding hydrogens is 328 g/mol. The number of ketones is 1. The molecule has 0 aliphatic heterocycles. The van der Waals surface area contributed by atoms with Gasteiger partial charge in [0.25, 0.3) is 0 Å². The summed E-state index contributed by atoms with van der Waals surface area (Å²) in [4.78, 5) is 25.1. The molecule has 114 valence electrons. The van der Waals surface area contributed by atoms with Gasteiger partial charge < -0.3 is 5.32 Å². The number of nitrogens with one attached hydrogen (secondary N) is 1. The fourth-order valence-electron chi connectivity index (χ4n) is 2.51. The maximum absolute atomic E-state index is 12.6. The van der Waals surface area contributed by atoms with Crippen LogP contribution in [0.5, 0.6) is 0 Å². The first-order valence-corrected chi connectivity index (χ1v) is 8.96. The van der Waals surface area contributed by atoms with Crippen molar-refractivity contribution in [3.63, 3.8) is 0 Å². The monoisotopic (exact) mass is 340 g/mol. The van der Waals surface area contributed by atoms with Gasteiger partial charge in [0, 0.05) is 20.8 Å². The minimum absolute atomic E-state index is 0.141. The average molecular weight is 340 g/mol. The molecule has 0 saturated heterocycles. The van der Waals surface area contributed by atoms with Crippen molar-refractivity contribution < 1.29 is 9.59 Å². The first kappa shape index (κ1) is 14.4.